The Morgan fingerprint density at radius 2 is 1.73 bits per heavy atom. The topological polar surface area (TPSA) is 30.2 Å². The summed E-state index contributed by atoms with van der Waals surface area (Å²) >= 11 is 0. The van der Waals surface area contributed by atoms with Crippen molar-refractivity contribution in [3.05, 3.63) is 59.0 Å². The number of hydrogen-bond donors (Lipinski definition) is 0. The van der Waals surface area contributed by atoms with E-state index in [1.165, 1.54) is 6.26 Å². The number of rotatable bonds is 2. The van der Waals surface area contributed by atoms with Crippen LogP contribution in [0.2, 0.25) is 0 Å². The zero-order valence-electron chi connectivity index (χ0n) is 8.78. The average Bonchev–Trinajstić information content (AvgIpc) is 2.65. The normalized spacial score (nSPS) is 10.3. The first-order valence-corrected chi connectivity index (χ1v) is 4.84. The van der Waals surface area contributed by atoms with Gasteiger partial charge in [-0.15, -0.1) is 0 Å². The van der Waals surface area contributed by atoms with Crippen LogP contribution >= 0.6 is 0 Å². The molecule has 76 valence electrons. The number of carbonyl (C=O) groups is 1. The van der Waals surface area contributed by atoms with Crippen LogP contribution in [0, 0.1) is 13.8 Å². The maximum absolute atomic E-state index is 12.0. The van der Waals surface area contributed by atoms with Crippen LogP contribution in [-0.2, 0) is 0 Å². The SMILES string of the molecule is Cc1ccc(C(=O)c2ccoc2C)cc1. The summed E-state index contributed by atoms with van der Waals surface area (Å²) < 4.78 is 5.11. The van der Waals surface area contributed by atoms with Gasteiger partial charge in [-0.2, -0.15) is 0 Å². The van der Waals surface area contributed by atoms with Crippen LogP contribution in [0.1, 0.15) is 27.2 Å². The minimum atomic E-state index is 0.0150. The van der Waals surface area contributed by atoms with E-state index in [2.05, 4.69) is 0 Å². The maximum Gasteiger partial charge on any atom is 0.196 e. The first-order chi connectivity index (χ1) is 7.18. The molecule has 2 aromatic rings. The molecule has 0 aliphatic carbocycles. The Morgan fingerprint density at radius 1 is 1.07 bits per heavy atom. The van der Waals surface area contributed by atoms with Gasteiger partial charge in [0.2, 0.25) is 0 Å². The molecule has 1 aromatic heterocycles. The molecule has 0 saturated carbocycles. The molecule has 0 spiro atoms. The molecule has 0 fully saturated rings. The molecule has 1 aromatic carbocycles. The van der Waals surface area contributed by atoms with Crippen molar-refractivity contribution in [3.63, 3.8) is 0 Å². The maximum atomic E-state index is 12.0. The lowest BCUT2D eigenvalue weighted by atomic mass is 10.0. The molecule has 0 atom stereocenters. The highest BCUT2D eigenvalue weighted by atomic mass is 16.3. The van der Waals surface area contributed by atoms with Crippen molar-refractivity contribution in [3.8, 4) is 0 Å². The highest BCUT2D eigenvalue weighted by Crippen LogP contribution is 2.15. The summed E-state index contributed by atoms with van der Waals surface area (Å²) in [6, 6.07) is 9.25. The number of aryl methyl sites for hydroxylation is 2. The number of furan rings is 1. The van der Waals surface area contributed by atoms with Crippen molar-refractivity contribution in [2.45, 2.75) is 13.8 Å². The second kappa shape index (κ2) is 3.73. The molecule has 0 bridgehead atoms. The zero-order chi connectivity index (χ0) is 10.8. The first-order valence-electron chi connectivity index (χ1n) is 4.84. The molecule has 2 rings (SSSR count). The Labute approximate surface area is 88.5 Å². The van der Waals surface area contributed by atoms with Crippen molar-refractivity contribution in [2.24, 2.45) is 0 Å². The Morgan fingerprint density at radius 3 is 2.27 bits per heavy atom. The molecule has 15 heavy (non-hydrogen) atoms. The van der Waals surface area contributed by atoms with Crippen molar-refractivity contribution in [1.29, 1.82) is 0 Å². The van der Waals surface area contributed by atoms with Gasteiger partial charge in [0.05, 0.1) is 11.8 Å². The Kier molecular flexibility index (Phi) is 2.42. The van der Waals surface area contributed by atoms with E-state index in [0.29, 0.717) is 16.9 Å². The third-order valence-electron chi connectivity index (χ3n) is 2.42. The lowest BCUT2D eigenvalue weighted by molar-refractivity contribution is 0.103. The van der Waals surface area contributed by atoms with Crippen molar-refractivity contribution >= 4 is 5.78 Å². The molecule has 0 aliphatic heterocycles. The van der Waals surface area contributed by atoms with E-state index in [9.17, 15) is 4.79 Å². The summed E-state index contributed by atoms with van der Waals surface area (Å²) in [7, 11) is 0. The third-order valence-corrected chi connectivity index (χ3v) is 2.42. The number of benzene rings is 1. The van der Waals surface area contributed by atoms with Crippen molar-refractivity contribution in [1.82, 2.24) is 0 Å². The predicted octanol–water partition coefficient (Wildman–Crippen LogP) is 3.13. The van der Waals surface area contributed by atoms with E-state index in [4.69, 9.17) is 4.42 Å². The van der Waals surface area contributed by atoms with Gasteiger partial charge in [0.1, 0.15) is 5.76 Å². The van der Waals surface area contributed by atoms with Gasteiger partial charge >= 0.3 is 0 Å². The second-order valence-electron chi connectivity index (χ2n) is 3.59. The van der Waals surface area contributed by atoms with Gasteiger partial charge in [0.15, 0.2) is 5.78 Å². The number of ketones is 1. The molecular weight excluding hydrogens is 188 g/mol. The van der Waals surface area contributed by atoms with Crippen LogP contribution < -0.4 is 0 Å². The van der Waals surface area contributed by atoms with Crippen molar-refractivity contribution < 1.29 is 9.21 Å². The van der Waals surface area contributed by atoms with Gasteiger partial charge in [-0.1, -0.05) is 29.8 Å². The Bertz CT molecular complexity index is 477. The summed E-state index contributed by atoms with van der Waals surface area (Å²) in [5.74, 6) is 0.682. The largest absolute Gasteiger partial charge is 0.469 e. The predicted molar refractivity (Wildman–Crippen MR) is 58.1 cm³/mol. The summed E-state index contributed by atoms with van der Waals surface area (Å²) in [6.07, 6.45) is 1.54. The third kappa shape index (κ3) is 1.84. The van der Waals surface area contributed by atoms with Gasteiger partial charge < -0.3 is 4.42 Å². The lowest BCUT2D eigenvalue weighted by Crippen LogP contribution is -2.01. The fourth-order valence-electron chi connectivity index (χ4n) is 1.48. The van der Waals surface area contributed by atoms with Gasteiger partial charge in [0, 0.05) is 5.56 Å². The fraction of sp³-hybridized carbons (Fsp3) is 0.154. The minimum absolute atomic E-state index is 0.0150. The zero-order valence-corrected chi connectivity index (χ0v) is 8.78. The highest BCUT2D eigenvalue weighted by molar-refractivity contribution is 6.09. The van der Waals surface area contributed by atoms with E-state index in [-0.39, 0.29) is 5.78 Å². The van der Waals surface area contributed by atoms with Crippen LogP contribution in [0.5, 0.6) is 0 Å². The van der Waals surface area contributed by atoms with Crippen LogP contribution in [-0.4, -0.2) is 5.78 Å². The molecule has 2 nitrogen and oxygen atoms in total. The first kappa shape index (κ1) is 9.71. The molecule has 0 aliphatic rings. The van der Waals surface area contributed by atoms with E-state index < -0.39 is 0 Å². The van der Waals surface area contributed by atoms with Gasteiger partial charge in [-0.25, -0.2) is 0 Å². The monoisotopic (exact) mass is 200 g/mol. The molecule has 0 saturated heterocycles. The lowest BCUT2D eigenvalue weighted by Gasteiger charge is -1.99. The molecule has 0 radical (unpaired) electrons. The minimum Gasteiger partial charge on any atom is -0.469 e. The van der Waals surface area contributed by atoms with E-state index >= 15 is 0 Å². The molecule has 0 amide bonds. The van der Waals surface area contributed by atoms with Crippen molar-refractivity contribution in [2.75, 3.05) is 0 Å². The Balaban J connectivity index is 2.37. The number of hydrogen-bond acceptors (Lipinski definition) is 2. The highest BCUT2D eigenvalue weighted by Gasteiger charge is 2.12. The van der Waals surface area contributed by atoms with E-state index in [1.54, 1.807) is 13.0 Å². The van der Waals surface area contributed by atoms with Crippen LogP contribution in [0.15, 0.2) is 41.0 Å². The average molecular weight is 200 g/mol. The summed E-state index contributed by atoms with van der Waals surface area (Å²) in [6.45, 7) is 3.79. The van der Waals surface area contributed by atoms with Gasteiger partial charge in [0.25, 0.3) is 0 Å². The number of carbonyl (C=O) groups excluding carboxylic acids is 1. The van der Waals surface area contributed by atoms with Gasteiger partial charge in [-0.3, -0.25) is 4.79 Å². The summed E-state index contributed by atoms with van der Waals surface area (Å²) in [4.78, 5) is 12.0. The quantitative estimate of drug-likeness (QED) is 0.697. The smallest absolute Gasteiger partial charge is 0.196 e. The van der Waals surface area contributed by atoms with Crippen LogP contribution in [0.4, 0.5) is 0 Å². The standard InChI is InChI=1S/C13H12O2/c1-9-3-5-11(6-4-9)13(14)12-7-8-15-10(12)2/h3-8H,1-2H3. The molecule has 0 unspecified atom stereocenters. The van der Waals surface area contributed by atoms with E-state index in [0.717, 1.165) is 5.56 Å². The van der Waals surface area contributed by atoms with Crippen LogP contribution in [0.3, 0.4) is 0 Å². The molecular formula is C13H12O2. The van der Waals surface area contributed by atoms with Crippen LogP contribution in [0.25, 0.3) is 0 Å². The molecule has 2 heteroatoms. The van der Waals surface area contributed by atoms with E-state index in [1.807, 2.05) is 31.2 Å². The fourth-order valence-corrected chi connectivity index (χ4v) is 1.48. The van der Waals surface area contributed by atoms with Gasteiger partial charge in [-0.05, 0) is 19.9 Å². The Hall–Kier alpha value is -1.83. The molecule has 0 N–H and O–H groups in total. The second-order valence-corrected chi connectivity index (χ2v) is 3.59. The summed E-state index contributed by atoms with van der Waals surface area (Å²) in [5.41, 5.74) is 2.49. The summed E-state index contributed by atoms with van der Waals surface area (Å²) in [5, 5.41) is 0. The molecule has 1 heterocycles.